The molecule has 2 N–H and O–H groups in total. The van der Waals surface area contributed by atoms with E-state index in [0.717, 1.165) is 0 Å². The SMILES string of the molecule is Cc1noc(-c2cccnc2NCC(O)c2ccc(Cl)c(F)c2)n1. The zero-order valence-corrected chi connectivity index (χ0v) is 13.5. The largest absolute Gasteiger partial charge is 0.387 e. The van der Waals surface area contributed by atoms with E-state index in [1.165, 1.54) is 12.1 Å². The van der Waals surface area contributed by atoms with Crippen molar-refractivity contribution in [2.45, 2.75) is 13.0 Å². The Hall–Kier alpha value is -2.51. The van der Waals surface area contributed by atoms with Crippen LogP contribution in [-0.2, 0) is 0 Å². The number of aliphatic hydroxyl groups excluding tert-OH is 1. The van der Waals surface area contributed by atoms with Gasteiger partial charge in [0.1, 0.15) is 11.6 Å². The van der Waals surface area contributed by atoms with E-state index in [4.69, 9.17) is 16.1 Å². The van der Waals surface area contributed by atoms with Crippen molar-refractivity contribution in [3.63, 3.8) is 0 Å². The summed E-state index contributed by atoms with van der Waals surface area (Å²) in [4.78, 5) is 8.38. The van der Waals surface area contributed by atoms with Gasteiger partial charge in [-0.1, -0.05) is 22.8 Å². The molecule has 3 rings (SSSR count). The number of nitrogens with zero attached hydrogens (tertiary/aromatic N) is 3. The number of hydrogen-bond donors (Lipinski definition) is 2. The summed E-state index contributed by atoms with van der Waals surface area (Å²) in [6.45, 7) is 1.84. The Bertz CT molecular complexity index is 856. The zero-order chi connectivity index (χ0) is 17.1. The van der Waals surface area contributed by atoms with Crippen LogP contribution in [0.3, 0.4) is 0 Å². The Morgan fingerprint density at radius 3 is 2.92 bits per heavy atom. The number of benzene rings is 1. The average Bonchev–Trinajstić information content (AvgIpc) is 3.01. The van der Waals surface area contributed by atoms with Gasteiger partial charge in [0.05, 0.1) is 16.7 Å². The summed E-state index contributed by atoms with van der Waals surface area (Å²) in [5.74, 6) is 0.745. The maximum atomic E-state index is 13.5. The molecule has 124 valence electrons. The predicted molar refractivity (Wildman–Crippen MR) is 87.1 cm³/mol. The third-order valence-corrected chi connectivity index (χ3v) is 3.66. The number of pyridine rings is 1. The standard InChI is InChI=1S/C16H14ClFN4O2/c1-9-21-16(24-22-9)11-3-2-6-19-15(11)20-8-14(23)10-4-5-12(17)13(18)7-10/h2-7,14,23H,8H2,1H3,(H,19,20). The molecule has 0 spiro atoms. The van der Waals surface area contributed by atoms with Crippen LogP contribution in [0.15, 0.2) is 41.1 Å². The number of halogens is 2. The fourth-order valence-corrected chi connectivity index (χ4v) is 2.27. The molecule has 2 heterocycles. The minimum absolute atomic E-state index is 0.0117. The molecule has 0 saturated carbocycles. The second-order valence-corrected chi connectivity index (χ2v) is 5.52. The molecule has 6 nitrogen and oxygen atoms in total. The molecule has 0 aliphatic carbocycles. The van der Waals surface area contributed by atoms with Crippen LogP contribution in [0.2, 0.25) is 5.02 Å². The molecule has 0 saturated heterocycles. The molecule has 3 aromatic rings. The second kappa shape index (κ2) is 6.94. The molecule has 24 heavy (non-hydrogen) atoms. The van der Waals surface area contributed by atoms with Crippen LogP contribution < -0.4 is 5.32 Å². The summed E-state index contributed by atoms with van der Waals surface area (Å²) in [6, 6.07) is 7.69. The van der Waals surface area contributed by atoms with E-state index in [1.54, 1.807) is 31.3 Å². The lowest BCUT2D eigenvalue weighted by Crippen LogP contribution is -2.13. The molecule has 0 aliphatic heterocycles. The second-order valence-electron chi connectivity index (χ2n) is 5.12. The highest BCUT2D eigenvalue weighted by atomic mass is 35.5. The van der Waals surface area contributed by atoms with Gasteiger partial charge in [-0.3, -0.25) is 0 Å². The number of rotatable bonds is 5. The van der Waals surface area contributed by atoms with Crippen molar-refractivity contribution in [2.24, 2.45) is 0 Å². The number of aliphatic hydroxyl groups is 1. The minimum atomic E-state index is -0.934. The first-order valence-electron chi connectivity index (χ1n) is 7.17. The molecule has 1 unspecified atom stereocenters. The molecule has 2 aromatic heterocycles. The highest BCUT2D eigenvalue weighted by molar-refractivity contribution is 6.30. The van der Waals surface area contributed by atoms with Gasteiger partial charge in [-0.2, -0.15) is 4.98 Å². The molecule has 0 aliphatic rings. The van der Waals surface area contributed by atoms with Gasteiger partial charge < -0.3 is 14.9 Å². The quantitative estimate of drug-likeness (QED) is 0.735. The Morgan fingerprint density at radius 1 is 1.38 bits per heavy atom. The monoisotopic (exact) mass is 348 g/mol. The van der Waals surface area contributed by atoms with Gasteiger partial charge >= 0.3 is 0 Å². The van der Waals surface area contributed by atoms with Crippen molar-refractivity contribution in [1.82, 2.24) is 15.1 Å². The molecule has 1 aromatic carbocycles. The number of hydrogen-bond acceptors (Lipinski definition) is 6. The van der Waals surface area contributed by atoms with Crippen molar-refractivity contribution in [3.05, 3.63) is 58.8 Å². The number of aryl methyl sites for hydroxylation is 1. The molecular formula is C16H14ClFN4O2. The van der Waals surface area contributed by atoms with Crippen LogP contribution in [-0.4, -0.2) is 26.8 Å². The van der Waals surface area contributed by atoms with E-state index >= 15 is 0 Å². The van der Waals surface area contributed by atoms with Crippen LogP contribution in [0.5, 0.6) is 0 Å². The summed E-state index contributed by atoms with van der Waals surface area (Å²) in [7, 11) is 0. The summed E-state index contributed by atoms with van der Waals surface area (Å²) in [5.41, 5.74) is 1.03. The molecule has 8 heteroatoms. The van der Waals surface area contributed by atoms with Crippen LogP contribution in [0.25, 0.3) is 11.5 Å². The third kappa shape index (κ3) is 3.52. The lowest BCUT2D eigenvalue weighted by molar-refractivity contribution is 0.191. The van der Waals surface area contributed by atoms with Crippen LogP contribution in [0, 0.1) is 12.7 Å². The topological polar surface area (TPSA) is 84.1 Å². The summed E-state index contributed by atoms with van der Waals surface area (Å²) >= 11 is 5.64. The molecule has 1 atom stereocenters. The molecule has 0 radical (unpaired) electrons. The Kier molecular flexibility index (Phi) is 4.73. The van der Waals surface area contributed by atoms with E-state index in [2.05, 4.69) is 20.4 Å². The molecular weight excluding hydrogens is 335 g/mol. The van der Waals surface area contributed by atoms with Gasteiger partial charge in [0.15, 0.2) is 5.82 Å². The Balaban J connectivity index is 1.76. The van der Waals surface area contributed by atoms with Crippen molar-refractivity contribution in [2.75, 3.05) is 11.9 Å². The number of anilines is 1. The third-order valence-electron chi connectivity index (χ3n) is 3.36. The fraction of sp³-hybridized carbons (Fsp3) is 0.188. The number of nitrogens with one attached hydrogen (secondary N) is 1. The van der Waals surface area contributed by atoms with Gasteiger partial charge in [0.25, 0.3) is 5.89 Å². The smallest absolute Gasteiger partial charge is 0.261 e. The van der Waals surface area contributed by atoms with Crippen molar-refractivity contribution >= 4 is 17.4 Å². The van der Waals surface area contributed by atoms with Crippen molar-refractivity contribution in [1.29, 1.82) is 0 Å². The summed E-state index contributed by atoms with van der Waals surface area (Å²) in [6.07, 6.45) is 0.666. The lowest BCUT2D eigenvalue weighted by Gasteiger charge is -2.14. The van der Waals surface area contributed by atoms with Gasteiger partial charge in [-0.05, 0) is 36.8 Å². The first-order chi connectivity index (χ1) is 11.5. The van der Waals surface area contributed by atoms with E-state index in [-0.39, 0.29) is 11.6 Å². The first-order valence-corrected chi connectivity index (χ1v) is 7.55. The number of aromatic nitrogens is 3. The van der Waals surface area contributed by atoms with Gasteiger partial charge in [-0.15, -0.1) is 0 Å². The lowest BCUT2D eigenvalue weighted by atomic mass is 10.1. The minimum Gasteiger partial charge on any atom is -0.387 e. The summed E-state index contributed by atoms with van der Waals surface area (Å²) < 4.78 is 18.6. The Labute approximate surface area is 142 Å². The normalized spacial score (nSPS) is 12.2. The average molecular weight is 349 g/mol. The molecule has 0 bridgehead atoms. The summed E-state index contributed by atoms with van der Waals surface area (Å²) in [5, 5.41) is 17.0. The highest BCUT2D eigenvalue weighted by Gasteiger charge is 2.15. The first kappa shape index (κ1) is 16.4. The van der Waals surface area contributed by atoms with E-state index in [9.17, 15) is 9.50 Å². The van der Waals surface area contributed by atoms with Gasteiger partial charge in [0, 0.05) is 12.7 Å². The molecule has 0 fully saturated rings. The zero-order valence-electron chi connectivity index (χ0n) is 12.7. The van der Waals surface area contributed by atoms with Crippen LogP contribution >= 0.6 is 11.6 Å². The highest BCUT2D eigenvalue weighted by Crippen LogP contribution is 2.25. The van der Waals surface area contributed by atoms with Gasteiger partial charge in [-0.25, -0.2) is 9.37 Å². The van der Waals surface area contributed by atoms with E-state index < -0.39 is 11.9 Å². The molecule has 0 amide bonds. The maximum absolute atomic E-state index is 13.5. The maximum Gasteiger partial charge on any atom is 0.261 e. The predicted octanol–water partition coefficient (Wildman–Crippen LogP) is 3.38. The van der Waals surface area contributed by atoms with Gasteiger partial charge in [0.2, 0.25) is 0 Å². The Morgan fingerprint density at radius 2 is 2.21 bits per heavy atom. The van der Waals surface area contributed by atoms with Crippen molar-refractivity contribution < 1.29 is 14.0 Å². The van der Waals surface area contributed by atoms with E-state index in [1.807, 2.05) is 0 Å². The van der Waals surface area contributed by atoms with E-state index in [0.29, 0.717) is 28.7 Å². The van der Waals surface area contributed by atoms with Crippen LogP contribution in [0.4, 0.5) is 10.2 Å². The van der Waals surface area contributed by atoms with Crippen LogP contribution in [0.1, 0.15) is 17.5 Å². The fourth-order valence-electron chi connectivity index (χ4n) is 2.16. The van der Waals surface area contributed by atoms with Crippen molar-refractivity contribution in [3.8, 4) is 11.5 Å².